The second-order valence-corrected chi connectivity index (χ2v) is 2.77. The van der Waals surface area contributed by atoms with Crippen molar-refractivity contribution in [1.82, 2.24) is 0 Å². The van der Waals surface area contributed by atoms with Crippen molar-refractivity contribution < 1.29 is 9.21 Å². The summed E-state index contributed by atoms with van der Waals surface area (Å²) in [5.74, 6) is 0.0891. The molecule has 60 valence electrons. The third-order valence-electron chi connectivity index (χ3n) is 1.88. The van der Waals surface area contributed by atoms with Gasteiger partial charge in [-0.25, -0.2) is 0 Å². The Bertz CT molecular complexity index is 357. The highest BCUT2D eigenvalue weighted by Gasteiger charge is 2.08. The van der Waals surface area contributed by atoms with Crippen LogP contribution in [-0.4, -0.2) is 5.78 Å². The van der Waals surface area contributed by atoms with E-state index in [9.17, 15) is 4.79 Å². The predicted molar refractivity (Wildman–Crippen MR) is 45.3 cm³/mol. The van der Waals surface area contributed by atoms with Gasteiger partial charge in [0.25, 0.3) is 0 Å². The van der Waals surface area contributed by atoms with E-state index in [1.165, 1.54) is 0 Å². The summed E-state index contributed by atoms with van der Waals surface area (Å²) in [6, 6.07) is 5.55. The monoisotopic (exact) mass is 160 g/mol. The molecule has 0 saturated carbocycles. The third kappa shape index (κ3) is 1.01. The van der Waals surface area contributed by atoms with Gasteiger partial charge >= 0.3 is 0 Å². The summed E-state index contributed by atoms with van der Waals surface area (Å²) in [6.07, 6.45) is 3.24. The summed E-state index contributed by atoms with van der Waals surface area (Å²) in [7, 11) is 0. The number of Topliss-reactive ketones (excluding diaryl/α,β-unsaturated/α-hetero) is 1. The first-order chi connectivity index (χ1) is 5.77. The van der Waals surface area contributed by atoms with E-state index in [0.717, 1.165) is 16.7 Å². The Balaban J connectivity index is 2.63. The van der Waals surface area contributed by atoms with Crippen LogP contribution in [-0.2, 0) is 0 Å². The summed E-state index contributed by atoms with van der Waals surface area (Å²) in [4.78, 5) is 11.0. The Hall–Kier alpha value is -1.57. The molecule has 1 aliphatic heterocycles. The minimum atomic E-state index is 0.0891. The molecule has 0 atom stereocenters. The molecule has 2 rings (SSSR count). The highest BCUT2D eigenvalue weighted by Crippen LogP contribution is 2.25. The van der Waals surface area contributed by atoms with Crippen LogP contribution in [0.4, 0.5) is 0 Å². The van der Waals surface area contributed by atoms with E-state index in [1.54, 1.807) is 19.5 Å². The molecule has 2 nitrogen and oxygen atoms in total. The zero-order chi connectivity index (χ0) is 8.55. The third-order valence-corrected chi connectivity index (χ3v) is 1.88. The highest BCUT2D eigenvalue weighted by atomic mass is 16.3. The Morgan fingerprint density at radius 3 is 2.75 bits per heavy atom. The van der Waals surface area contributed by atoms with Gasteiger partial charge in [0.05, 0.1) is 12.5 Å². The van der Waals surface area contributed by atoms with Crippen LogP contribution in [0.1, 0.15) is 17.3 Å². The number of carbonyl (C=O) groups is 1. The van der Waals surface area contributed by atoms with Crippen LogP contribution in [0.2, 0.25) is 0 Å². The number of rotatable bonds is 1. The van der Waals surface area contributed by atoms with E-state index in [-0.39, 0.29) is 5.78 Å². The van der Waals surface area contributed by atoms with Crippen molar-refractivity contribution in [3.05, 3.63) is 36.3 Å². The number of carbonyl (C=O) groups excluding carboxylic acids is 1. The Labute approximate surface area is 70.2 Å². The van der Waals surface area contributed by atoms with Gasteiger partial charge in [0.1, 0.15) is 0 Å². The van der Waals surface area contributed by atoms with E-state index >= 15 is 0 Å². The van der Waals surface area contributed by atoms with E-state index in [4.69, 9.17) is 4.42 Å². The minimum absolute atomic E-state index is 0.0891. The fourth-order valence-corrected chi connectivity index (χ4v) is 1.22. The molecular weight excluding hydrogens is 152 g/mol. The van der Waals surface area contributed by atoms with Crippen molar-refractivity contribution in [1.29, 1.82) is 0 Å². The first-order valence-corrected chi connectivity index (χ1v) is 3.74. The molecule has 0 amide bonds. The van der Waals surface area contributed by atoms with Gasteiger partial charge in [-0.3, -0.25) is 4.79 Å². The second-order valence-electron chi connectivity index (χ2n) is 2.77. The van der Waals surface area contributed by atoms with Crippen LogP contribution >= 0.6 is 0 Å². The standard InChI is InChI=1S/C10H8O2/c1-7(11)9-4-8-2-3-12-6-10(8)5-9/h2-6H,1H3. The molecule has 2 heteroatoms. The molecule has 12 heavy (non-hydrogen) atoms. The zero-order valence-electron chi connectivity index (χ0n) is 6.70. The summed E-state index contributed by atoms with van der Waals surface area (Å²) in [5.41, 5.74) is 2.76. The number of hydrogen-bond acceptors (Lipinski definition) is 2. The van der Waals surface area contributed by atoms with Gasteiger partial charge in [-0.05, 0) is 30.7 Å². The number of ketones is 1. The summed E-state index contributed by atoms with van der Waals surface area (Å²) in [5, 5.41) is 0. The molecule has 0 saturated heterocycles. The van der Waals surface area contributed by atoms with Crippen LogP contribution in [0, 0.1) is 0 Å². The fourth-order valence-electron chi connectivity index (χ4n) is 1.22. The molecule has 0 radical (unpaired) electrons. The zero-order valence-corrected chi connectivity index (χ0v) is 6.70. The lowest BCUT2D eigenvalue weighted by atomic mass is 10.2. The minimum Gasteiger partial charge on any atom is -0.472 e. The molecular formula is C10H8O2. The Morgan fingerprint density at radius 2 is 2.08 bits per heavy atom. The molecule has 0 aromatic heterocycles. The highest BCUT2D eigenvalue weighted by molar-refractivity contribution is 5.97. The van der Waals surface area contributed by atoms with Crippen LogP contribution in [0.3, 0.4) is 0 Å². The van der Waals surface area contributed by atoms with Gasteiger partial charge in [0.2, 0.25) is 0 Å². The van der Waals surface area contributed by atoms with Gasteiger partial charge < -0.3 is 4.42 Å². The van der Waals surface area contributed by atoms with Crippen LogP contribution in [0.25, 0.3) is 11.1 Å². The molecule has 0 aromatic carbocycles. The van der Waals surface area contributed by atoms with E-state index in [2.05, 4.69) is 0 Å². The van der Waals surface area contributed by atoms with Crippen LogP contribution < -0.4 is 0 Å². The quantitative estimate of drug-likeness (QED) is 0.600. The maximum Gasteiger partial charge on any atom is 0.159 e. The number of fused-ring (bicyclic) bond motifs is 1. The smallest absolute Gasteiger partial charge is 0.159 e. The second kappa shape index (κ2) is 2.48. The van der Waals surface area contributed by atoms with Gasteiger partial charge in [-0.15, -0.1) is 0 Å². The first-order valence-electron chi connectivity index (χ1n) is 3.74. The van der Waals surface area contributed by atoms with Gasteiger partial charge in [-0.1, -0.05) is 0 Å². The normalized spacial score (nSPS) is 10.4. The first kappa shape index (κ1) is 7.10. The molecule has 0 spiro atoms. The van der Waals surface area contributed by atoms with Gasteiger partial charge in [0.15, 0.2) is 5.78 Å². The maximum atomic E-state index is 11.0. The summed E-state index contributed by atoms with van der Waals surface area (Å²) < 4.78 is 4.97. The average molecular weight is 160 g/mol. The van der Waals surface area contributed by atoms with Crippen molar-refractivity contribution in [2.75, 3.05) is 0 Å². The topological polar surface area (TPSA) is 30.2 Å². The van der Waals surface area contributed by atoms with Crippen molar-refractivity contribution in [3.8, 4) is 11.1 Å². The SMILES string of the molecule is CC(=O)c1cc2ccocc-2c1. The predicted octanol–water partition coefficient (Wildman–Crippen LogP) is 2.59. The van der Waals surface area contributed by atoms with Crippen molar-refractivity contribution in [2.24, 2.45) is 0 Å². The summed E-state index contributed by atoms with van der Waals surface area (Å²) in [6.45, 7) is 1.56. The van der Waals surface area contributed by atoms with E-state index in [0.29, 0.717) is 0 Å². The largest absolute Gasteiger partial charge is 0.472 e. The molecule has 0 aromatic rings. The van der Waals surface area contributed by atoms with Crippen molar-refractivity contribution in [3.63, 3.8) is 0 Å². The summed E-state index contributed by atoms with van der Waals surface area (Å²) >= 11 is 0. The molecule has 1 aliphatic carbocycles. The molecule has 0 bridgehead atoms. The number of hydrogen-bond donors (Lipinski definition) is 0. The van der Waals surface area contributed by atoms with Crippen molar-refractivity contribution in [2.45, 2.75) is 6.92 Å². The molecule has 2 aliphatic rings. The Morgan fingerprint density at radius 1 is 1.33 bits per heavy atom. The lowest BCUT2D eigenvalue weighted by Crippen LogP contribution is -1.85. The van der Waals surface area contributed by atoms with Crippen molar-refractivity contribution >= 4 is 5.78 Å². The Kier molecular flexibility index (Phi) is 1.47. The lowest BCUT2D eigenvalue weighted by Gasteiger charge is -1.91. The van der Waals surface area contributed by atoms with Crippen LogP contribution in [0.15, 0.2) is 35.1 Å². The molecule has 1 heterocycles. The van der Waals surface area contributed by atoms with Crippen LogP contribution in [0.5, 0.6) is 0 Å². The van der Waals surface area contributed by atoms with Gasteiger partial charge in [0, 0.05) is 11.1 Å². The van der Waals surface area contributed by atoms with Gasteiger partial charge in [-0.2, -0.15) is 0 Å². The lowest BCUT2D eigenvalue weighted by molar-refractivity contribution is 0.101. The molecule has 0 N–H and O–H groups in total. The average Bonchev–Trinajstić information content (AvgIpc) is 2.46. The molecule has 0 fully saturated rings. The maximum absolute atomic E-state index is 11.0. The fraction of sp³-hybridized carbons (Fsp3) is 0.100. The van der Waals surface area contributed by atoms with E-state index in [1.807, 2.05) is 18.2 Å². The van der Waals surface area contributed by atoms with E-state index < -0.39 is 0 Å². The molecule has 0 unspecified atom stereocenters.